The number of hydrogen-bond acceptors (Lipinski definition) is 5. The Labute approximate surface area is 124 Å². The van der Waals surface area contributed by atoms with Crippen molar-refractivity contribution < 1.29 is 14.3 Å². The van der Waals surface area contributed by atoms with Gasteiger partial charge in [0, 0.05) is 26.2 Å². The zero-order valence-electron chi connectivity index (χ0n) is 12.3. The number of amides is 1. The lowest BCUT2D eigenvalue weighted by Crippen LogP contribution is -2.48. The zero-order valence-corrected chi connectivity index (χ0v) is 12.3. The SMILES string of the molecule is COc1ccc(OC)c(C(=O)N2CCN(CC#N)CC2)c1. The van der Waals surface area contributed by atoms with Crippen LogP contribution in [0.4, 0.5) is 0 Å². The Bertz CT molecular complexity index is 546. The molecule has 0 aliphatic carbocycles. The smallest absolute Gasteiger partial charge is 0.257 e. The third kappa shape index (κ3) is 3.44. The fourth-order valence-corrected chi connectivity index (χ4v) is 2.36. The van der Waals surface area contributed by atoms with Gasteiger partial charge in [0.1, 0.15) is 11.5 Å². The predicted octanol–water partition coefficient (Wildman–Crippen LogP) is 0.985. The Morgan fingerprint density at radius 3 is 2.52 bits per heavy atom. The van der Waals surface area contributed by atoms with E-state index in [0.29, 0.717) is 49.8 Å². The molecular weight excluding hydrogens is 270 g/mol. The van der Waals surface area contributed by atoms with Crippen LogP contribution >= 0.6 is 0 Å². The highest BCUT2D eigenvalue weighted by Crippen LogP contribution is 2.25. The van der Waals surface area contributed by atoms with Gasteiger partial charge in [-0.1, -0.05) is 0 Å². The molecule has 0 atom stereocenters. The van der Waals surface area contributed by atoms with Gasteiger partial charge in [-0.15, -0.1) is 0 Å². The first kappa shape index (κ1) is 15.1. The normalized spacial score (nSPS) is 15.4. The summed E-state index contributed by atoms with van der Waals surface area (Å²) in [5, 5.41) is 8.69. The number of benzene rings is 1. The Morgan fingerprint density at radius 2 is 1.95 bits per heavy atom. The van der Waals surface area contributed by atoms with Crippen LogP contribution in [0.15, 0.2) is 18.2 Å². The van der Waals surface area contributed by atoms with Gasteiger partial charge in [0.15, 0.2) is 0 Å². The van der Waals surface area contributed by atoms with Gasteiger partial charge in [-0.05, 0) is 18.2 Å². The van der Waals surface area contributed by atoms with Gasteiger partial charge in [0.25, 0.3) is 5.91 Å². The van der Waals surface area contributed by atoms with Gasteiger partial charge in [-0.3, -0.25) is 9.69 Å². The average molecular weight is 289 g/mol. The van der Waals surface area contributed by atoms with Crippen molar-refractivity contribution in [2.75, 3.05) is 46.9 Å². The van der Waals surface area contributed by atoms with Crippen molar-refractivity contribution in [3.05, 3.63) is 23.8 Å². The molecule has 1 aromatic rings. The number of carbonyl (C=O) groups is 1. The predicted molar refractivity (Wildman–Crippen MR) is 77.5 cm³/mol. The third-order valence-electron chi connectivity index (χ3n) is 3.59. The summed E-state index contributed by atoms with van der Waals surface area (Å²) in [5.74, 6) is 1.10. The highest BCUT2D eigenvalue weighted by atomic mass is 16.5. The maximum atomic E-state index is 12.6. The number of hydrogen-bond donors (Lipinski definition) is 0. The molecule has 1 saturated heterocycles. The lowest BCUT2D eigenvalue weighted by molar-refractivity contribution is 0.0648. The summed E-state index contributed by atoms with van der Waals surface area (Å²) in [6.45, 7) is 3.06. The number of piperazine rings is 1. The summed E-state index contributed by atoms with van der Waals surface area (Å²) in [4.78, 5) is 16.4. The molecule has 1 amide bonds. The van der Waals surface area contributed by atoms with E-state index in [0.717, 1.165) is 0 Å². The molecule has 1 aliphatic heterocycles. The summed E-state index contributed by atoms with van der Waals surface area (Å²) >= 11 is 0. The van der Waals surface area contributed by atoms with Crippen LogP contribution in [0.3, 0.4) is 0 Å². The molecule has 0 radical (unpaired) electrons. The van der Waals surface area contributed by atoms with E-state index in [1.807, 2.05) is 4.90 Å². The van der Waals surface area contributed by atoms with Crippen LogP contribution in [0.2, 0.25) is 0 Å². The molecule has 2 rings (SSSR count). The highest BCUT2D eigenvalue weighted by Gasteiger charge is 2.24. The van der Waals surface area contributed by atoms with Crippen molar-refractivity contribution >= 4 is 5.91 Å². The first-order chi connectivity index (χ1) is 10.2. The van der Waals surface area contributed by atoms with E-state index in [9.17, 15) is 4.79 Å². The van der Waals surface area contributed by atoms with E-state index in [1.165, 1.54) is 0 Å². The van der Waals surface area contributed by atoms with E-state index < -0.39 is 0 Å². The Hall–Kier alpha value is -2.26. The third-order valence-corrected chi connectivity index (χ3v) is 3.59. The molecule has 6 heteroatoms. The van der Waals surface area contributed by atoms with Crippen molar-refractivity contribution in [2.24, 2.45) is 0 Å². The largest absolute Gasteiger partial charge is 0.497 e. The summed E-state index contributed by atoms with van der Waals surface area (Å²) in [5.41, 5.74) is 0.505. The van der Waals surface area contributed by atoms with Crippen molar-refractivity contribution in [2.45, 2.75) is 0 Å². The maximum Gasteiger partial charge on any atom is 0.257 e. The van der Waals surface area contributed by atoms with Crippen LogP contribution in [-0.2, 0) is 0 Å². The minimum atomic E-state index is -0.0673. The monoisotopic (exact) mass is 289 g/mol. The quantitative estimate of drug-likeness (QED) is 0.773. The molecular formula is C15H19N3O3. The standard InChI is InChI=1S/C15H19N3O3/c1-20-12-3-4-14(21-2)13(11-12)15(19)18-9-7-17(6-5-16)8-10-18/h3-4,11H,6-10H2,1-2H3. The van der Waals surface area contributed by atoms with E-state index in [1.54, 1.807) is 37.3 Å². The Kier molecular flexibility index (Phi) is 5.01. The number of nitriles is 1. The average Bonchev–Trinajstić information content (AvgIpc) is 2.54. The first-order valence-electron chi connectivity index (χ1n) is 6.80. The lowest BCUT2D eigenvalue weighted by Gasteiger charge is -2.33. The second-order valence-corrected chi connectivity index (χ2v) is 4.79. The van der Waals surface area contributed by atoms with E-state index in [4.69, 9.17) is 14.7 Å². The van der Waals surface area contributed by atoms with Gasteiger partial charge in [-0.25, -0.2) is 0 Å². The van der Waals surface area contributed by atoms with E-state index in [2.05, 4.69) is 6.07 Å². The molecule has 0 unspecified atom stereocenters. The Morgan fingerprint density at radius 1 is 1.24 bits per heavy atom. The summed E-state index contributed by atoms with van der Waals surface area (Å²) in [6.07, 6.45) is 0. The molecule has 6 nitrogen and oxygen atoms in total. The number of rotatable bonds is 4. The highest BCUT2D eigenvalue weighted by molar-refractivity contribution is 5.97. The first-order valence-corrected chi connectivity index (χ1v) is 6.80. The van der Waals surface area contributed by atoms with Crippen molar-refractivity contribution in [3.8, 4) is 17.6 Å². The topological polar surface area (TPSA) is 65.8 Å². The van der Waals surface area contributed by atoms with Crippen molar-refractivity contribution in [1.82, 2.24) is 9.80 Å². The number of methoxy groups -OCH3 is 2. The molecule has 21 heavy (non-hydrogen) atoms. The van der Waals surface area contributed by atoms with Gasteiger partial charge < -0.3 is 14.4 Å². The molecule has 112 valence electrons. The minimum absolute atomic E-state index is 0.0673. The molecule has 1 heterocycles. The summed E-state index contributed by atoms with van der Waals surface area (Å²) in [6, 6.07) is 7.33. The van der Waals surface area contributed by atoms with Crippen molar-refractivity contribution in [3.63, 3.8) is 0 Å². The molecule has 0 N–H and O–H groups in total. The van der Waals surface area contributed by atoms with Gasteiger partial charge >= 0.3 is 0 Å². The number of ether oxygens (including phenoxy) is 2. The van der Waals surface area contributed by atoms with Crippen LogP contribution in [-0.4, -0.2) is 62.7 Å². The van der Waals surface area contributed by atoms with Gasteiger partial charge in [-0.2, -0.15) is 5.26 Å². The second-order valence-electron chi connectivity index (χ2n) is 4.79. The molecule has 1 aromatic carbocycles. The van der Waals surface area contributed by atoms with Crippen LogP contribution in [0.5, 0.6) is 11.5 Å². The van der Waals surface area contributed by atoms with Crippen LogP contribution in [0.25, 0.3) is 0 Å². The molecule has 0 bridgehead atoms. The molecule has 0 aromatic heterocycles. The van der Waals surface area contributed by atoms with Crippen LogP contribution in [0.1, 0.15) is 10.4 Å². The summed E-state index contributed by atoms with van der Waals surface area (Å²) in [7, 11) is 3.11. The molecule has 0 spiro atoms. The molecule has 1 fully saturated rings. The second kappa shape index (κ2) is 6.95. The maximum absolute atomic E-state index is 12.6. The molecule has 1 aliphatic rings. The summed E-state index contributed by atoms with van der Waals surface area (Å²) < 4.78 is 10.4. The van der Waals surface area contributed by atoms with Gasteiger partial charge in [0.2, 0.25) is 0 Å². The minimum Gasteiger partial charge on any atom is -0.497 e. The fourth-order valence-electron chi connectivity index (χ4n) is 2.36. The molecule has 0 saturated carbocycles. The Balaban J connectivity index is 2.12. The van der Waals surface area contributed by atoms with E-state index >= 15 is 0 Å². The zero-order chi connectivity index (χ0) is 15.2. The fraction of sp³-hybridized carbons (Fsp3) is 0.467. The lowest BCUT2D eigenvalue weighted by atomic mass is 10.1. The van der Waals surface area contributed by atoms with E-state index in [-0.39, 0.29) is 5.91 Å². The van der Waals surface area contributed by atoms with Gasteiger partial charge in [0.05, 0.1) is 32.4 Å². The number of carbonyl (C=O) groups excluding carboxylic acids is 1. The number of nitrogens with zero attached hydrogens (tertiary/aromatic N) is 3. The van der Waals surface area contributed by atoms with Crippen molar-refractivity contribution in [1.29, 1.82) is 5.26 Å². The van der Waals surface area contributed by atoms with Crippen LogP contribution in [0, 0.1) is 11.3 Å². The van der Waals surface area contributed by atoms with Crippen LogP contribution < -0.4 is 9.47 Å².